The van der Waals surface area contributed by atoms with Gasteiger partial charge in [0.2, 0.25) is 5.91 Å². The first-order chi connectivity index (χ1) is 7.78. The summed E-state index contributed by atoms with van der Waals surface area (Å²) in [5, 5.41) is 2.41. The van der Waals surface area contributed by atoms with E-state index in [0.29, 0.717) is 17.0 Å². The first-order valence-corrected chi connectivity index (χ1v) is 5.62. The number of hydrogen-bond donors (Lipinski definition) is 1. The van der Waals surface area contributed by atoms with Crippen molar-refractivity contribution in [3.63, 3.8) is 0 Å². The van der Waals surface area contributed by atoms with E-state index in [-0.39, 0.29) is 11.9 Å². The number of halogens is 5. The minimum atomic E-state index is -4.49. The van der Waals surface area contributed by atoms with E-state index in [1.54, 1.807) is 12.2 Å². The zero-order valence-corrected chi connectivity index (χ0v) is 10.2. The van der Waals surface area contributed by atoms with Crippen molar-refractivity contribution in [1.82, 2.24) is 5.32 Å². The van der Waals surface area contributed by atoms with Gasteiger partial charge in [-0.3, -0.25) is 4.79 Å². The molecule has 0 aromatic rings. The Bertz CT molecular complexity index is 363. The van der Waals surface area contributed by atoms with Crippen molar-refractivity contribution < 1.29 is 18.0 Å². The molecule has 1 aliphatic carbocycles. The number of carbonyl (C=O) groups excluding carboxylic acids is 1. The Morgan fingerprint density at radius 2 is 2.18 bits per heavy atom. The van der Waals surface area contributed by atoms with Gasteiger partial charge in [0, 0.05) is 18.0 Å². The minimum Gasteiger partial charge on any atom is -0.352 e. The van der Waals surface area contributed by atoms with Gasteiger partial charge in [-0.05, 0) is 5.57 Å². The molecule has 1 unspecified atom stereocenters. The highest BCUT2D eigenvalue weighted by atomic mass is 35.5. The van der Waals surface area contributed by atoms with Gasteiger partial charge in [0.15, 0.2) is 0 Å². The molecule has 0 bridgehead atoms. The molecule has 0 saturated carbocycles. The van der Waals surface area contributed by atoms with Gasteiger partial charge in [-0.2, -0.15) is 13.2 Å². The second-order valence-corrected chi connectivity index (χ2v) is 4.59. The minimum absolute atomic E-state index is 0.0200. The summed E-state index contributed by atoms with van der Waals surface area (Å²) in [5.41, 5.74) is 0.582. The molecule has 1 rings (SSSR count). The molecule has 7 heteroatoms. The summed E-state index contributed by atoms with van der Waals surface area (Å²) in [7, 11) is 0. The van der Waals surface area contributed by atoms with E-state index in [4.69, 9.17) is 23.2 Å². The number of rotatable bonds is 3. The molecule has 0 saturated heterocycles. The molecule has 0 aromatic carbocycles. The van der Waals surface area contributed by atoms with E-state index in [0.717, 1.165) is 0 Å². The Hall–Kier alpha value is -0.680. The number of nitrogens with one attached hydrogen (secondary N) is 1. The first kappa shape index (κ1) is 14.4. The molecule has 1 N–H and O–H groups in total. The van der Waals surface area contributed by atoms with Crippen molar-refractivity contribution in [2.75, 3.05) is 6.54 Å². The van der Waals surface area contributed by atoms with Crippen LogP contribution in [0.3, 0.4) is 0 Å². The van der Waals surface area contributed by atoms with Crippen molar-refractivity contribution in [3.05, 3.63) is 22.8 Å². The van der Waals surface area contributed by atoms with Gasteiger partial charge in [-0.25, -0.2) is 0 Å². The van der Waals surface area contributed by atoms with Crippen molar-refractivity contribution in [2.45, 2.75) is 24.4 Å². The van der Waals surface area contributed by atoms with Crippen LogP contribution in [0, 0.1) is 0 Å². The van der Waals surface area contributed by atoms with Gasteiger partial charge in [0.1, 0.15) is 6.42 Å². The molecule has 17 heavy (non-hydrogen) atoms. The Morgan fingerprint density at radius 3 is 2.71 bits per heavy atom. The molecule has 0 aliphatic heterocycles. The Kier molecular flexibility index (Phi) is 4.89. The molecule has 1 atom stereocenters. The monoisotopic (exact) mass is 287 g/mol. The van der Waals surface area contributed by atoms with Crippen LogP contribution >= 0.6 is 23.2 Å². The van der Waals surface area contributed by atoms with Crippen LogP contribution < -0.4 is 5.32 Å². The molecule has 1 amide bonds. The van der Waals surface area contributed by atoms with Crippen molar-refractivity contribution >= 4 is 29.1 Å². The SMILES string of the molecule is O=C(CC(F)(F)F)NCC1=C(Cl)CC(Cl)C=C1. The van der Waals surface area contributed by atoms with E-state index in [2.05, 4.69) is 5.32 Å². The van der Waals surface area contributed by atoms with Gasteiger partial charge >= 0.3 is 6.18 Å². The van der Waals surface area contributed by atoms with Crippen molar-refractivity contribution in [3.8, 4) is 0 Å². The van der Waals surface area contributed by atoms with Crippen LogP contribution in [-0.4, -0.2) is 24.0 Å². The van der Waals surface area contributed by atoms with Gasteiger partial charge in [0.05, 0.1) is 5.38 Å². The third-order valence-electron chi connectivity index (χ3n) is 2.07. The second-order valence-electron chi connectivity index (χ2n) is 3.58. The number of allylic oxidation sites excluding steroid dienone is 2. The highest BCUT2D eigenvalue weighted by Gasteiger charge is 2.31. The van der Waals surface area contributed by atoms with Crippen LogP contribution in [0.5, 0.6) is 0 Å². The van der Waals surface area contributed by atoms with Crippen LogP contribution in [0.1, 0.15) is 12.8 Å². The summed E-state index contributed by atoms with van der Waals surface area (Å²) in [6, 6.07) is 0. The van der Waals surface area contributed by atoms with Crippen molar-refractivity contribution in [1.29, 1.82) is 0 Å². The number of amides is 1. The summed E-state index contributed by atoms with van der Waals surface area (Å²) < 4.78 is 35.6. The summed E-state index contributed by atoms with van der Waals surface area (Å²) in [6.45, 7) is -0.0200. The van der Waals surface area contributed by atoms with Crippen LogP contribution in [0.2, 0.25) is 0 Å². The van der Waals surface area contributed by atoms with Crippen LogP contribution in [-0.2, 0) is 4.79 Å². The molecule has 0 heterocycles. The Labute approximate surface area is 106 Å². The lowest BCUT2D eigenvalue weighted by Gasteiger charge is -2.15. The first-order valence-electron chi connectivity index (χ1n) is 4.81. The van der Waals surface area contributed by atoms with Gasteiger partial charge in [0.25, 0.3) is 0 Å². The fourth-order valence-corrected chi connectivity index (χ4v) is 1.88. The summed E-state index contributed by atoms with van der Waals surface area (Å²) >= 11 is 11.6. The predicted octanol–water partition coefficient (Wildman–Crippen LogP) is 3.12. The highest BCUT2D eigenvalue weighted by Crippen LogP contribution is 2.25. The second kappa shape index (κ2) is 5.78. The van der Waals surface area contributed by atoms with Crippen molar-refractivity contribution in [2.24, 2.45) is 0 Å². The lowest BCUT2D eigenvalue weighted by atomic mass is 10.1. The Balaban J connectivity index is 2.44. The summed E-state index contributed by atoms with van der Waals surface area (Å²) in [5.74, 6) is -1.07. The molecule has 0 spiro atoms. The maximum absolute atomic E-state index is 11.9. The number of alkyl halides is 4. The maximum Gasteiger partial charge on any atom is 0.397 e. The third kappa shape index (κ3) is 5.46. The lowest BCUT2D eigenvalue weighted by molar-refractivity contribution is -0.153. The quantitative estimate of drug-likeness (QED) is 0.794. The molecule has 0 aromatic heterocycles. The molecular formula is C10H10Cl2F3NO. The topological polar surface area (TPSA) is 29.1 Å². The number of carbonyl (C=O) groups is 1. The molecule has 0 radical (unpaired) electrons. The predicted molar refractivity (Wildman–Crippen MR) is 60.0 cm³/mol. The van der Waals surface area contributed by atoms with Crippen LogP contribution in [0.15, 0.2) is 22.8 Å². The smallest absolute Gasteiger partial charge is 0.352 e. The molecule has 96 valence electrons. The van der Waals surface area contributed by atoms with E-state index in [1.807, 2.05) is 0 Å². The standard InChI is InChI=1S/C10H10Cl2F3NO/c11-7-2-1-6(8(12)3-7)5-16-9(17)4-10(13,14)15/h1-2,7H,3-5H2,(H,16,17). The molecular weight excluding hydrogens is 278 g/mol. The fourth-order valence-electron chi connectivity index (χ4n) is 1.27. The Morgan fingerprint density at radius 1 is 1.53 bits per heavy atom. The molecule has 1 aliphatic rings. The third-order valence-corrected chi connectivity index (χ3v) is 2.76. The van der Waals surface area contributed by atoms with E-state index in [1.165, 1.54) is 0 Å². The molecule has 2 nitrogen and oxygen atoms in total. The highest BCUT2D eigenvalue weighted by molar-refractivity contribution is 6.31. The average Bonchev–Trinajstić information content (AvgIpc) is 2.13. The zero-order valence-electron chi connectivity index (χ0n) is 8.65. The maximum atomic E-state index is 11.9. The summed E-state index contributed by atoms with van der Waals surface area (Å²) in [4.78, 5) is 10.9. The van der Waals surface area contributed by atoms with Gasteiger partial charge in [-0.15, -0.1) is 11.6 Å². The molecule has 0 fully saturated rings. The van der Waals surface area contributed by atoms with E-state index >= 15 is 0 Å². The van der Waals surface area contributed by atoms with Gasteiger partial charge in [-0.1, -0.05) is 23.8 Å². The average molecular weight is 288 g/mol. The van der Waals surface area contributed by atoms with E-state index < -0.39 is 18.5 Å². The zero-order chi connectivity index (χ0) is 13.1. The normalized spacial score (nSPS) is 20.6. The summed E-state index contributed by atoms with van der Waals surface area (Å²) in [6.07, 6.45) is -2.27. The number of hydrogen-bond acceptors (Lipinski definition) is 1. The van der Waals surface area contributed by atoms with E-state index in [9.17, 15) is 18.0 Å². The van der Waals surface area contributed by atoms with Gasteiger partial charge < -0.3 is 5.32 Å². The van der Waals surface area contributed by atoms with Crippen LogP contribution in [0.4, 0.5) is 13.2 Å². The fraction of sp³-hybridized carbons (Fsp3) is 0.500. The lowest BCUT2D eigenvalue weighted by Crippen LogP contribution is -2.30. The van der Waals surface area contributed by atoms with Crippen LogP contribution in [0.25, 0.3) is 0 Å². The largest absolute Gasteiger partial charge is 0.397 e.